The summed E-state index contributed by atoms with van der Waals surface area (Å²) in [5.41, 5.74) is 2.11. The van der Waals surface area contributed by atoms with E-state index in [9.17, 15) is 4.79 Å². The molecule has 0 spiro atoms. The first kappa shape index (κ1) is 12.3. The van der Waals surface area contributed by atoms with Gasteiger partial charge in [-0.1, -0.05) is 65.8 Å². The maximum atomic E-state index is 10.7. The minimum Gasteiger partial charge on any atom is -0.331 e. The lowest BCUT2D eigenvalue weighted by atomic mass is 9.91. The molecule has 0 aliphatic rings. The van der Waals surface area contributed by atoms with E-state index in [0.29, 0.717) is 12.1 Å². The Morgan fingerprint density at radius 3 is 1.90 bits per heavy atom. The average molecular weight is 264 g/mol. The van der Waals surface area contributed by atoms with Gasteiger partial charge in [0.2, 0.25) is 6.29 Å². The Balaban J connectivity index is 2.11. The quantitative estimate of drug-likeness (QED) is 0.679. The Morgan fingerprint density at radius 1 is 0.900 bits per heavy atom. The summed E-state index contributed by atoms with van der Waals surface area (Å²) in [7, 11) is 0. The minimum absolute atomic E-state index is 0.00291. The Bertz CT molecular complexity index is 653. The van der Waals surface area contributed by atoms with Gasteiger partial charge in [-0.3, -0.25) is 4.79 Å². The molecule has 98 valence electrons. The molecule has 0 aliphatic carbocycles. The summed E-state index contributed by atoms with van der Waals surface area (Å²) in [5.74, 6) is 0.344. The monoisotopic (exact) mass is 264 g/mol. The second-order valence-electron chi connectivity index (χ2n) is 4.36. The van der Waals surface area contributed by atoms with E-state index in [1.54, 1.807) is 0 Å². The van der Waals surface area contributed by atoms with Gasteiger partial charge in [0, 0.05) is 0 Å². The number of aldehydes is 1. The molecule has 20 heavy (non-hydrogen) atoms. The third kappa shape index (κ3) is 2.36. The summed E-state index contributed by atoms with van der Waals surface area (Å²) in [6, 6.07) is 19.8. The van der Waals surface area contributed by atoms with Crippen molar-refractivity contribution in [3.8, 4) is 0 Å². The van der Waals surface area contributed by atoms with Crippen LogP contribution >= 0.6 is 0 Å². The topological polar surface area (TPSA) is 56.0 Å². The molecule has 0 unspecified atom stereocenters. The van der Waals surface area contributed by atoms with Crippen LogP contribution in [0.5, 0.6) is 0 Å². The Labute approximate surface area is 116 Å². The second kappa shape index (κ2) is 5.48. The van der Waals surface area contributed by atoms with Gasteiger partial charge in [0.1, 0.15) is 0 Å². The van der Waals surface area contributed by atoms with E-state index >= 15 is 0 Å². The van der Waals surface area contributed by atoms with Crippen molar-refractivity contribution < 1.29 is 9.32 Å². The summed E-state index contributed by atoms with van der Waals surface area (Å²) < 4.78 is 4.91. The Hall–Kier alpha value is -2.75. The molecule has 4 heteroatoms. The molecule has 1 aromatic heterocycles. The number of rotatable bonds is 4. The smallest absolute Gasteiger partial charge is 0.290 e. The molecular formula is C16H12N2O2. The van der Waals surface area contributed by atoms with Crippen LogP contribution in [0.25, 0.3) is 0 Å². The van der Waals surface area contributed by atoms with Crippen LogP contribution in [-0.2, 0) is 0 Å². The van der Waals surface area contributed by atoms with Crippen molar-refractivity contribution in [3.63, 3.8) is 0 Å². The first-order valence-corrected chi connectivity index (χ1v) is 6.27. The molecule has 0 N–H and O–H groups in total. The van der Waals surface area contributed by atoms with Crippen LogP contribution in [0.1, 0.15) is 33.6 Å². The highest BCUT2D eigenvalue weighted by atomic mass is 16.5. The average Bonchev–Trinajstić information content (AvgIpc) is 2.98. The lowest BCUT2D eigenvalue weighted by molar-refractivity contribution is 0.108. The zero-order valence-electron chi connectivity index (χ0n) is 10.6. The molecule has 3 rings (SSSR count). The zero-order valence-corrected chi connectivity index (χ0v) is 10.6. The SMILES string of the molecule is O=Cc1nc(C(c2ccccc2)c2ccccc2)no1. The van der Waals surface area contributed by atoms with Crippen LogP contribution in [0, 0.1) is 0 Å². The number of hydrogen-bond donors (Lipinski definition) is 0. The van der Waals surface area contributed by atoms with Crippen LogP contribution in [0.2, 0.25) is 0 Å². The maximum absolute atomic E-state index is 10.7. The standard InChI is InChI=1S/C16H12N2O2/c19-11-14-17-16(18-20-14)15(12-7-3-1-4-8-12)13-9-5-2-6-10-13/h1-11,15H. The van der Waals surface area contributed by atoms with Gasteiger partial charge in [-0.05, 0) is 11.1 Å². The van der Waals surface area contributed by atoms with Crippen molar-refractivity contribution in [2.24, 2.45) is 0 Å². The van der Waals surface area contributed by atoms with Crippen molar-refractivity contribution in [2.45, 2.75) is 5.92 Å². The molecule has 0 amide bonds. The summed E-state index contributed by atoms with van der Waals surface area (Å²) >= 11 is 0. The number of nitrogens with zero attached hydrogens (tertiary/aromatic N) is 2. The summed E-state index contributed by atoms with van der Waals surface area (Å²) in [5, 5.41) is 3.92. The van der Waals surface area contributed by atoms with Crippen molar-refractivity contribution in [1.29, 1.82) is 0 Å². The first-order valence-electron chi connectivity index (χ1n) is 6.27. The zero-order chi connectivity index (χ0) is 13.8. The van der Waals surface area contributed by atoms with Crippen molar-refractivity contribution in [2.75, 3.05) is 0 Å². The fourth-order valence-electron chi connectivity index (χ4n) is 2.19. The van der Waals surface area contributed by atoms with Gasteiger partial charge >= 0.3 is 0 Å². The summed E-state index contributed by atoms with van der Waals surface area (Å²) in [6.45, 7) is 0. The molecule has 0 aliphatic heterocycles. The highest BCUT2D eigenvalue weighted by molar-refractivity contribution is 5.67. The first-order chi connectivity index (χ1) is 9.88. The molecule has 0 bridgehead atoms. The molecule has 0 radical (unpaired) electrons. The number of aromatic nitrogens is 2. The van der Waals surface area contributed by atoms with Crippen molar-refractivity contribution in [3.05, 3.63) is 83.5 Å². The van der Waals surface area contributed by atoms with Crippen LogP contribution in [-0.4, -0.2) is 16.4 Å². The fraction of sp³-hybridized carbons (Fsp3) is 0.0625. The summed E-state index contributed by atoms with van der Waals surface area (Å²) in [4.78, 5) is 14.9. The molecular weight excluding hydrogens is 252 g/mol. The molecule has 1 heterocycles. The highest BCUT2D eigenvalue weighted by Crippen LogP contribution is 2.29. The molecule has 0 atom stereocenters. The third-order valence-electron chi connectivity index (χ3n) is 3.08. The van der Waals surface area contributed by atoms with E-state index in [-0.39, 0.29) is 11.8 Å². The predicted molar refractivity (Wildman–Crippen MR) is 73.5 cm³/mol. The maximum Gasteiger partial charge on any atom is 0.290 e. The van der Waals surface area contributed by atoms with Gasteiger partial charge in [-0.15, -0.1) is 0 Å². The predicted octanol–water partition coefficient (Wildman–Crippen LogP) is 3.06. The highest BCUT2D eigenvalue weighted by Gasteiger charge is 2.21. The fourth-order valence-corrected chi connectivity index (χ4v) is 2.19. The molecule has 0 saturated carbocycles. The van der Waals surface area contributed by atoms with Gasteiger partial charge < -0.3 is 4.52 Å². The third-order valence-corrected chi connectivity index (χ3v) is 3.08. The van der Waals surface area contributed by atoms with Gasteiger partial charge in [-0.25, -0.2) is 0 Å². The van der Waals surface area contributed by atoms with Crippen molar-refractivity contribution >= 4 is 6.29 Å². The number of carbonyl (C=O) groups is 1. The molecule has 4 nitrogen and oxygen atoms in total. The van der Waals surface area contributed by atoms with E-state index in [2.05, 4.69) is 10.1 Å². The van der Waals surface area contributed by atoms with Crippen LogP contribution in [0.4, 0.5) is 0 Å². The van der Waals surface area contributed by atoms with Crippen LogP contribution in [0.3, 0.4) is 0 Å². The lowest BCUT2D eigenvalue weighted by Gasteiger charge is -2.13. The van der Waals surface area contributed by atoms with Crippen molar-refractivity contribution in [1.82, 2.24) is 10.1 Å². The number of carbonyl (C=O) groups excluding carboxylic acids is 1. The molecule has 0 fully saturated rings. The normalized spacial score (nSPS) is 10.7. The van der Waals surface area contributed by atoms with Gasteiger partial charge in [0.25, 0.3) is 5.89 Å². The van der Waals surface area contributed by atoms with Crippen LogP contribution < -0.4 is 0 Å². The van der Waals surface area contributed by atoms with E-state index in [1.807, 2.05) is 60.7 Å². The molecule has 2 aromatic carbocycles. The minimum atomic E-state index is -0.144. The van der Waals surface area contributed by atoms with E-state index in [1.165, 1.54) is 0 Å². The van der Waals surface area contributed by atoms with Gasteiger partial charge in [0.15, 0.2) is 5.82 Å². The Kier molecular flexibility index (Phi) is 3.37. The Morgan fingerprint density at radius 2 is 1.45 bits per heavy atom. The van der Waals surface area contributed by atoms with Gasteiger partial charge in [0.05, 0.1) is 5.92 Å². The molecule has 3 aromatic rings. The number of benzene rings is 2. The summed E-state index contributed by atoms with van der Waals surface area (Å²) in [6.07, 6.45) is 0.559. The molecule has 0 saturated heterocycles. The number of hydrogen-bond acceptors (Lipinski definition) is 4. The van der Waals surface area contributed by atoms with Gasteiger partial charge in [-0.2, -0.15) is 4.98 Å². The lowest BCUT2D eigenvalue weighted by Crippen LogP contribution is -2.05. The van der Waals surface area contributed by atoms with Crippen LogP contribution in [0.15, 0.2) is 65.2 Å². The van der Waals surface area contributed by atoms with E-state index < -0.39 is 0 Å². The second-order valence-corrected chi connectivity index (χ2v) is 4.36. The van der Waals surface area contributed by atoms with E-state index in [0.717, 1.165) is 11.1 Å². The largest absolute Gasteiger partial charge is 0.331 e. The van der Waals surface area contributed by atoms with E-state index in [4.69, 9.17) is 4.52 Å².